The number of rotatable bonds is 1. The number of hydrogen-bond donors (Lipinski definition) is 1. The molecular formula is C8H6ClFO2. The summed E-state index contributed by atoms with van der Waals surface area (Å²) in [5.74, 6) is -1.78. The molecule has 12 heavy (non-hydrogen) atoms. The van der Waals surface area contributed by atoms with E-state index >= 15 is 0 Å². The molecule has 0 atom stereocenters. The van der Waals surface area contributed by atoms with Crippen molar-refractivity contribution in [2.75, 3.05) is 0 Å². The number of benzene rings is 1. The van der Waals surface area contributed by atoms with Crippen LogP contribution in [-0.2, 0) is 0 Å². The Morgan fingerprint density at radius 2 is 2.17 bits per heavy atom. The van der Waals surface area contributed by atoms with Crippen LogP contribution in [0.25, 0.3) is 0 Å². The molecule has 0 radical (unpaired) electrons. The molecule has 0 aliphatic carbocycles. The summed E-state index contributed by atoms with van der Waals surface area (Å²) in [6.07, 6.45) is 0. The highest BCUT2D eigenvalue weighted by molar-refractivity contribution is 6.31. The van der Waals surface area contributed by atoms with Crippen molar-refractivity contribution in [3.63, 3.8) is 0 Å². The monoisotopic (exact) mass is 188 g/mol. The van der Waals surface area contributed by atoms with Crippen molar-refractivity contribution in [2.24, 2.45) is 0 Å². The quantitative estimate of drug-likeness (QED) is 0.735. The lowest BCUT2D eigenvalue weighted by atomic mass is 10.1. The molecule has 1 rings (SSSR count). The number of hydrogen-bond acceptors (Lipinski definition) is 1. The van der Waals surface area contributed by atoms with Crippen LogP contribution in [0, 0.1) is 12.7 Å². The van der Waals surface area contributed by atoms with E-state index in [9.17, 15) is 9.18 Å². The zero-order chi connectivity index (χ0) is 9.30. The Morgan fingerprint density at radius 3 is 2.58 bits per heavy atom. The Hall–Kier alpha value is -1.09. The van der Waals surface area contributed by atoms with Gasteiger partial charge in [0.15, 0.2) is 0 Å². The van der Waals surface area contributed by atoms with Gasteiger partial charge in [0, 0.05) is 10.6 Å². The lowest BCUT2D eigenvalue weighted by molar-refractivity contribution is 0.0696. The highest BCUT2D eigenvalue weighted by atomic mass is 35.5. The maximum absolute atomic E-state index is 12.9. The summed E-state index contributed by atoms with van der Waals surface area (Å²) >= 11 is 5.56. The van der Waals surface area contributed by atoms with E-state index in [1.165, 1.54) is 13.0 Å². The molecule has 0 bridgehead atoms. The molecule has 0 aromatic heterocycles. The largest absolute Gasteiger partial charge is 0.478 e. The molecule has 0 saturated heterocycles. The van der Waals surface area contributed by atoms with Gasteiger partial charge >= 0.3 is 5.97 Å². The van der Waals surface area contributed by atoms with Crippen LogP contribution in [0.4, 0.5) is 4.39 Å². The van der Waals surface area contributed by atoms with E-state index in [1.54, 1.807) is 0 Å². The van der Waals surface area contributed by atoms with Gasteiger partial charge < -0.3 is 5.11 Å². The second-order valence-corrected chi connectivity index (χ2v) is 2.78. The molecule has 1 aromatic rings. The fourth-order valence-electron chi connectivity index (χ4n) is 0.769. The average Bonchev–Trinajstić information content (AvgIpc) is 1.99. The van der Waals surface area contributed by atoms with Gasteiger partial charge in [0.05, 0.1) is 5.56 Å². The first-order chi connectivity index (χ1) is 5.52. The molecule has 0 unspecified atom stereocenters. The zero-order valence-electron chi connectivity index (χ0n) is 6.27. The highest BCUT2D eigenvalue weighted by Gasteiger charge is 2.09. The zero-order valence-corrected chi connectivity index (χ0v) is 7.02. The van der Waals surface area contributed by atoms with Gasteiger partial charge in [-0.2, -0.15) is 0 Å². The van der Waals surface area contributed by atoms with Crippen LogP contribution >= 0.6 is 11.6 Å². The number of halogens is 2. The molecule has 0 saturated carbocycles. The van der Waals surface area contributed by atoms with Gasteiger partial charge in [0.2, 0.25) is 0 Å². The van der Waals surface area contributed by atoms with E-state index in [0.717, 1.165) is 6.07 Å². The van der Waals surface area contributed by atoms with Crippen LogP contribution in [0.2, 0.25) is 5.02 Å². The van der Waals surface area contributed by atoms with Crippen molar-refractivity contribution < 1.29 is 14.3 Å². The Balaban J connectivity index is 3.31. The summed E-state index contributed by atoms with van der Waals surface area (Å²) in [7, 11) is 0. The molecule has 64 valence electrons. The van der Waals surface area contributed by atoms with Crippen LogP contribution < -0.4 is 0 Å². The summed E-state index contributed by atoms with van der Waals surface area (Å²) in [4.78, 5) is 10.4. The molecule has 0 aliphatic heterocycles. The molecule has 0 heterocycles. The number of carboxylic acids is 1. The Labute approximate surface area is 73.6 Å². The maximum Gasteiger partial charge on any atom is 0.335 e. The van der Waals surface area contributed by atoms with E-state index in [4.69, 9.17) is 16.7 Å². The predicted octanol–water partition coefficient (Wildman–Crippen LogP) is 2.49. The van der Waals surface area contributed by atoms with E-state index < -0.39 is 11.8 Å². The average molecular weight is 189 g/mol. The van der Waals surface area contributed by atoms with Crippen molar-refractivity contribution in [1.29, 1.82) is 0 Å². The smallest absolute Gasteiger partial charge is 0.335 e. The third kappa shape index (κ3) is 1.56. The van der Waals surface area contributed by atoms with Gasteiger partial charge in [-0.15, -0.1) is 0 Å². The first-order valence-corrected chi connectivity index (χ1v) is 3.59. The van der Waals surface area contributed by atoms with E-state index in [1.807, 2.05) is 0 Å². The molecule has 0 amide bonds. The minimum atomic E-state index is -1.18. The highest BCUT2D eigenvalue weighted by Crippen LogP contribution is 2.20. The van der Waals surface area contributed by atoms with E-state index in [-0.39, 0.29) is 16.1 Å². The van der Waals surface area contributed by atoms with Crippen molar-refractivity contribution >= 4 is 17.6 Å². The molecule has 1 aromatic carbocycles. The second-order valence-electron chi connectivity index (χ2n) is 2.37. The second kappa shape index (κ2) is 3.11. The molecule has 0 aliphatic rings. The SMILES string of the molecule is Cc1c(F)cc(C(=O)O)cc1Cl. The van der Waals surface area contributed by atoms with Crippen LogP contribution in [0.15, 0.2) is 12.1 Å². The topological polar surface area (TPSA) is 37.3 Å². The lowest BCUT2D eigenvalue weighted by Crippen LogP contribution is -1.98. The van der Waals surface area contributed by atoms with Crippen molar-refractivity contribution in [2.45, 2.75) is 6.92 Å². The summed E-state index contributed by atoms with van der Waals surface area (Å²) in [5.41, 5.74) is 0.129. The minimum Gasteiger partial charge on any atom is -0.478 e. The molecule has 4 heteroatoms. The van der Waals surface area contributed by atoms with Crippen LogP contribution in [0.1, 0.15) is 15.9 Å². The van der Waals surface area contributed by atoms with Gasteiger partial charge in [-0.25, -0.2) is 9.18 Å². The van der Waals surface area contributed by atoms with Crippen molar-refractivity contribution in [3.05, 3.63) is 34.1 Å². The van der Waals surface area contributed by atoms with Crippen LogP contribution in [0.5, 0.6) is 0 Å². The standard InChI is InChI=1S/C8H6ClFO2/c1-4-6(9)2-5(8(11)12)3-7(4)10/h2-3H,1H3,(H,11,12). The van der Waals surface area contributed by atoms with Crippen LogP contribution in [0.3, 0.4) is 0 Å². The summed E-state index contributed by atoms with van der Waals surface area (Å²) in [6, 6.07) is 2.17. The normalized spacial score (nSPS) is 9.92. The fraction of sp³-hybridized carbons (Fsp3) is 0.125. The molecule has 0 spiro atoms. The molecule has 2 nitrogen and oxygen atoms in total. The summed E-state index contributed by atoms with van der Waals surface area (Å²) < 4.78 is 12.9. The maximum atomic E-state index is 12.9. The first kappa shape index (κ1) is 9.00. The summed E-state index contributed by atoms with van der Waals surface area (Å²) in [5, 5.41) is 8.63. The van der Waals surface area contributed by atoms with E-state index in [2.05, 4.69) is 0 Å². The fourth-order valence-corrected chi connectivity index (χ4v) is 0.977. The Bertz CT molecular complexity index is 313. The number of aromatic carboxylic acids is 1. The van der Waals surface area contributed by atoms with Gasteiger partial charge in [-0.3, -0.25) is 0 Å². The van der Waals surface area contributed by atoms with Crippen molar-refractivity contribution in [3.8, 4) is 0 Å². The Kier molecular flexibility index (Phi) is 2.33. The summed E-state index contributed by atoms with van der Waals surface area (Å²) in [6.45, 7) is 1.49. The number of carboxylic acid groups (broad SMARTS) is 1. The molecule has 1 N–H and O–H groups in total. The van der Waals surface area contributed by atoms with Crippen molar-refractivity contribution in [1.82, 2.24) is 0 Å². The molecular weight excluding hydrogens is 183 g/mol. The van der Waals surface area contributed by atoms with Gasteiger partial charge in [-0.1, -0.05) is 11.6 Å². The third-order valence-electron chi connectivity index (χ3n) is 1.53. The minimum absolute atomic E-state index is 0.132. The third-order valence-corrected chi connectivity index (χ3v) is 1.92. The predicted molar refractivity (Wildman–Crippen MR) is 43.1 cm³/mol. The van der Waals surface area contributed by atoms with Gasteiger partial charge in [0.25, 0.3) is 0 Å². The number of carbonyl (C=O) groups is 1. The van der Waals surface area contributed by atoms with E-state index in [0.29, 0.717) is 0 Å². The lowest BCUT2D eigenvalue weighted by Gasteiger charge is -2.00. The van der Waals surface area contributed by atoms with Crippen LogP contribution in [-0.4, -0.2) is 11.1 Å². The molecule has 0 fully saturated rings. The van der Waals surface area contributed by atoms with Gasteiger partial charge in [0.1, 0.15) is 5.82 Å². The Morgan fingerprint density at radius 1 is 1.58 bits per heavy atom. The first-order valence-electron chi connectivity index (χ1n) is 3.21. The van der Waals surface area contributed by atoms with Gasteiger partial charge in [-0.05, 0) is 19.1 Å².